The highest BCUT2D eigenvalue weighted by Gasteiger charge is 2.47. The van der Waals surface area contributed by atoms with E-state index in [1.54, 1.807) is 6.20 Å². The maximum Gasteiger partial charge on any atom is 0.138 e. The van der Waals surface area contributed by atoms with Crippen molar-refractivity contribution in [3.8, 4) is 5.75 Å². The fraction of sp³-hybridized carbons (Fsp3) is 0.667. The van der Waals surface area contributed by atoms with Gasteiger partial charge in [0.1, 0.15) is 17.5 Å². The molecule has 0 bridgehead atoms. The highest BCUT2D eigenvalue weighted by atomic mass is 16.6. The van der Waals surface area contributed by atoms with Crippen molar-refractivity contribution < 1.29 is 9.47 Å². The SMILES string of the molecule is CC1(C)CC(Oc2ccc(CCN)nc2)C(C)(C)O1. The van der Waals surface area contributed by atoms with Gasteiger partial charge >= 0.3 is 0 Å². The minimum absolute atomic E-state index is 0.0460. The van der Waals surface area contributed by atoms with Crippen LogP contribution in [0.2, 0.25) is 0 Å². The van der Waals surface area contributed by atoms with E-state index in [4.69, 9.17) is 15.2 Å². The molecule has 0 saturated carbocycles. The summed E-state index contributed by atoms with van der Waals surface area (Å²) < 4.78 is 12.1. The van der Waals surface area contributed by atoms with Crippen LogP contribution in [0.4, 0.5) is 0 Å². The number of rotatable bonds is 4. The van der Waals surface area contributed by atoms with Crippen molar-refractivity contribution in [3.63, 3.8) is 0 Å². The van der Waals surface area contributed by atoms with Crippen LogP contribution in [0.1, 0.15) is 39.8 Å². The van der Waals surface area contributed by atoms with E-state index in [2.05, 4.69) is 32.7 Å². The Balaban J connectivity index is 2.05. The lowest BCUT2D eigenvalue weighted by atomic mass is 9.97. The first-order chi connectivity index (χ1) is 8.82. The lowest BCUT2D eigenvalue weighted by molar-refractivity contribution is -0.0846. The second kappa shape index (κ2) is 5.10. The quantitative estimate of drug-likeness (QED) is 0.906. The zero-order chi connectivity index (χ0) is 14.1. The van der Waals surface area contributed by atoms with Crippen molar-refractivity contribution in [1.82, 2.24) is 4.98 Å². The van der Waals surface area contributed by atoms with Crippen LogP contribution in [0.3, 0.4) is 0 Å². The Morgan fingerprint density at radius 1 is 1.37 bits per heavy atom. The first-order valence-corrected chi connectivity index (χ1v) is 6.84. The van der Waals surface area contributed by atoms with Crippen LogP contribution in [-0.4, -0.2) is 28.8 Å². The van der Waals surface area contributed by atoms with Crippen molar-refractivity contribution in [2.45, 2.75) is 57.8 Å². The van der Waals surface area contributed by atoms with Gasteiger partial charge in [0, 0.05) is 18.5 Å². The zero-order valence-corrected chi connectivity index (χ0v) is 12.3. The Morgan fingerprint density at radius 2 is 2.11 bits per heavy atom. The summed E-state index contributed by atoms with van der Waals surface area (Å²) in [6, 6.07) is 3.93. The number of ether oxygens (including phenoxy) is 2. The van der Waals surface area contributed by atoms with Gasteiger partial charge in [-0.15, -0.1) is 0 Å². The summed E-state index contributed by atoms with van der Waals surface area (Å²) in [5.74, 6) is 0.792. The molecule has 2 N–H and O–H groups in total. The Labute approximate surface area is 115 Å². The number of hydrogen-bond donors (Lipinski definition) is 1. The summed E-state index contributed by atoms with van der Waals surface area (Å²) in [6.45, 7) is 8.96. The minimum Gasteiger partial charge on any atom is -0.486 e. The average molecular weight is 264 g/mol. The normalized spacial score (nSPS) is 24.4. The summed E-state index contributed by atoms with van der Waals surface area (Å²) in [5.41, 5.74) is 6.09. The van der Waals surface area contributed by atoms with Crippen LogP contribution in [0, 0.1) is 0 Å². The molecule has 0 amide bonds. The van der Waals surface area contributed by atoms with E-state index >= 15 is 0 Å². The van der Waals surface area contributed by atoms with Crippen molar-refractivity contribution >= 4 is 0 Å². The first kappa shape index (κ1) is 14.3. The molecule has 2 heterocycles. The molecule has 1 unspecified atom stereocenters. The van der Waals surface area contributed by atoms with Gasteiger partial charge in [-0.2, -0.15) is 0 Å². The smallest absolute Gasteiger partial charge is 0.138 e. The standard InChI is InChI=1S/C15H24N2O2/c1-14(2)9-13(15(3,4)19-14)18-12-6-5-11(7-8-16)17-10-12/h5-6,10,13H,7-9,16H2,1-4H3. The largest absolute Gasteiger partial charge is 0.486 e. The number of hydrogen-bond acceptors (Lipinski definition) is 4. The predicted octanol–water partition coefficient (Wildman–Crippen LogP) is 2.31. The molecule has 1 aromatic rings. The third-order valence-corrected chi connectivity index (χ3v) is 3.47. The van der Waals surface area contributed by atoms with Gasteiger partial charge in [-0.05, 0) is 46.4 Å². The molecule has 0 aromatic carbocycles. The fourth-order valence-electron chi connectivity index (χ4n) is 2.64. The van der Waals surface area contributed by atoms with Gasteiger partial charge in [-0.25, -0.2) is 0 Å². The van der Waals surface area contributed by atoms with Gasteiger partial charge in [0.25, 0.3) is 0 Å². The minimum atomic E-state index is -0.278. The van der Waals surface area contributed by atoms with Crippen LogP contribution in [-0.2, 0) is 11.2 Å². The summed E-state index contributed by atoms with van der Waals surface area (Å²) in [5, 5.41) is 0. The van der Waals surface area contributed by atoms with E-state index in [9.17, 15) is 0 Å². The maximum absolute atomic E-state index is 6.04. The number of aromatic nitrogens is 1. The van der Waals surface area contributed by atoms with Crippen LogP contribution in [0.15, 0.2) is 18.3 Å². The molecule has 0 spiro atoms. The van der Waals surface area contributed by atoms with Gasteiger partial charge < -0.3 is 15.2 Å². The van der Waals surface area contributed by atoms with Crippen molar-refractivity contribution in [2.24, 2.45) is 5.73 Å². The summed E-state index contributed by atoms with van der Waals surface area (Å²) >= 11 is 0. The predicted molar refractivity (Wildman–Crippen MR) is 75.3 cm³/mol. The van der Waals surface area contributed by atoms with E-state index < -0.39 is 0 Å². The van der Waals surface area contributed by atoms with E-state index in [1.165, 1.54) is 0 Å². The molecule has 1 atom stereocenters. The lowest BCUT2D eigenvalue weighted by Gasteiger charge is -2.27. The molecule has 1 aliphatic rings. The molecule has 1 saturated heterocycles. The Bertz CT molecular complexity index is 426. The fourth-order valence-corrected chi connectivity index (χ4v) is 2.64. The van der Waals surface area contributed by atoms with Crippen LogP contribution in [0.5, 0.6) is 5.75 Å². The van der Waals surface area contributed by atoms with Gasteiger partial charge in [-0.3, -0.25) is 4.98 Å². The van der Waals surface area contributed by atoms with E-state index in [0.29, 0.717) is 6.54 Å². The molecule has 1 fully saturated rings. The Kier molecular flexibility index (Phi) is 3.83. The highest BCUT2D eigenvalue weighted by Crippen LogP contribution is 2.39. The van der Waals surface area contributed by atoms with Gasteiger partial charge in [0.2, 0.25) is 0 Å². The average Bonchev–Trinajstić information content (AvgIpc) is 2.50. The third-order valence-electron chi connectivity index (χ3n) is 3.47. The molecule has 0 radical (unpaired) electrons. The molecule has 2 rings (SSSR count). The molecule has 1 aliphatic heterocycles. The van der Waals surface area contributed by atoms with Crippen LogP contribution < -0.4 is 10.5 Å². The van der Waals surface area contributed by atoms with Crippen molar-refractivity contribution in [1.29, 1.82) is 0 Å². The number of pyridine rings is 1. The molecule has 4 heteroatoms. The highest BCUT2D eigenvalue weighted by molar-refractivity contribution is 5.21. The van der Waals surface area contributed by atoms with Gasteiger partial charge in [0.15, 0.2) is 0 Å². The topological polar surface area (TPSA) is 57.4 Å². The number of nitrogens with two attached hydrogens (primary N) is 1. The third kappa shape index (κ3) is 3.45. The Morgan fingerprint density at radius 3 is 2.58 bits per heavy atom. The second-order valence-electron chi connectivity index (χ2n) is 6.30. The lowest BCUT2D eigenvalue weighted by Crippen LogP contribution is -2.36. The summed E-state index contributed by atoms with van der Waals surface area (Å²) in [6.07, 6.45) is 3.49. The van der Waals surface area contributed by atoms with Crippen LogP contribution in [0.25, 0.3) is 0 Å². The summed E-state index contributed by atoms with van der Waals surface area (Å²) in [7, 11) is 0. The summed E-state index contributed by atoms with van der Waals surface area (Å²) in [4.78, 5) is 4.35. The zero-order valence-electron chi connectivity index (χ0n) is 12.3. The van der Waals surface area contributed by atoms with Crippen molar-refractivity contribution in [2.75, 3.05) is 6.54 Å². The van der Waals surface area contributed by atoms with Gasteiger partial charge in [-0.1, -0.05) is 0 Å². The van der Waals surface area contributed by atoms with E-state index in [0.717, 1.165) is 24.3 Å². The molecule has 0 aliphatic carbocycles. The van der Waals surface area contributed by atoms with Gasteiger partial charge in [0.05, 0.1) is 11.8 Å². The van der Waals surface area contributed by atoms with E-state index in [-0.39, 0.29) is 17.3 Å². The molecule has 1 aromatic heterocycles. The van der Waals surface area contributed by atoms with E-state index in [1.807, 2.05) is 12.1 Å². The van der Waals surface area contributed by atoms with Crippen molar-refractivity contribution in [3.05, 3.63) is 24.0 Å². The molecule has 19 heavy (non-hydrogen) atoms. The number of nitrogens with zero attached hydrogens (tertiary/aromatic N) is 1. The van der Waals surface area contributed by atoms with Crippen LogP contribution >= 0.6 is 0 Å². The molecule has 106 valence electrons. The maximum atomic E-state index is 6.04. The molecule has 4 nitrogen and oxygen atoms in total. The molecular formula is C15H24N2O2. The second-order valence-corrected chi connectivity index (χ2v) is 6.30. The monoisotopic (exact) mass is 264 g/mol. The Hall–Kier alpha value is -1.13. The first-order valence-electron chi connectivity index (χ1n) is 6.84. The molecular weight excluding hydrogens is 240 g/mol.